The number of hydrogen-bond acceptors (Lipinski definition) is 3. The highest BCUT2D eigenvalue weighted by Gasteiger charge is 2.18. The average Bonchev–Trinajstić information content (AvgIpc) is 3.05. The molecule has 1 aliphatic heterocycles. The highest BCUT2D eigenvalue weighted by molar-refractivity contribution is 7.08. The van der Waals surface area contributed by atoms with Crippen molar-refractivity contribution >= 4 is 28.2 Å². The van der Waals surface area contributed by atoms with Crippen LogP contribution in [-0.4, -0.2) is 18.5 Å². The molecule has 0 unspecified atom stereocenters. The van der Waals surface area contributed by atoms with E-state index >= 15 is 0 Å². The minimum absolute atomic E-state index is 1.19. The molecule has 2 aromatic rings. The molecule has 1 aliphatic rings. The fraction of sp³-hybridized carbons (Fsp3) is 0.333. The lowest BCUT2D eigenvalue weighted by Gasteiger charge is -2.30. The molecule has 0 N–H and O–H groups in total. The highest BCUT2D eigenvalue weighted by Crippen LogP contribution is 2.34. The summed E-state index contributed by atoms with van der Waals surface area (Å²) in [5, 5.41) is 8.88. The molecule has 3 rings (SSSR count). The minimum Gasteiger partial charge on any atom is -0.377 e. The predicted molar refractivity (Wildman–Crippen MR) is 81.1 cm³/mol. The van der Waals surface area contributed by atoms with E-state index in [9.17, 15) is 0 Å². The van der Waals surface area contributed by atoms with Crippen molar-refractivity contribution < 1.29 is 0 Å². The van der Waals surface area contributed by atoms with E-state index in [4.69, 9.17) is 0 Å². The summed E-state index contributed by atoms with van der Waals surface area (Å²) in [6, 6.07) is 4.49. The van der Waals surface area contributed by atoms with Crippen LogP contribution in [0, 0.1) is 0 Å². The Kier molecular flexibility index (Phi) is 3.52. The Balaban J connectivity index is 2.12. The maximum absolute atomic E-state index is 2.44. The standard InChI is InChI=1S/C15H17NS2/c1-16-7-3-2-4-14(16)15(12-5-8-17-10-12)13-6-9-18-11-13/h5-6,8-11H,2-4,7H2,1H3. The molecule has 18 heavy (non-hydrogen) atoms. The first-order chi connectivity index (χ1) is 8.86. The molecule has 0 aromatic carbocycles. The summed E-state index contributed by atoms with van der Waals surface area (Å²) in [4.78, 5) is 2.44. The van der Waals surface area contributed by atoms with Gasteiger partial charge in [0.05, 0.1) is 0 Å². The number of thiophene rings is 2. The van der Waals surface area contributed by atoms with Gasteiger partial charge in [0.1, 0.15) is 0 Å². The van der Waals surface area contributed by atoms with Gasteiger partial charge in [-0.3, -0.25) is 0 Å². The molecule has 0 saturated carbocycles. The van der Waals surface area contributed by atoms with E-state index in [-0.39, 0.29) is 0 Å². The molecule has 0 bridgehead atoms. The van der Waals surface area contributed by atoms with Crippen molar-refractivity contribution in [2.45, 2.75) is 19.3 Å². The fourth-order valence-corrected chi connectivity index (χ4v) is 3.89. The van der Waals surface area contributed by atoms with E-state index in [0.717, 1.165) is 0 Å². The van der Waals surface area contributed by atoms with Crippen LogP contribution in [0.15, 0.2) is 39.4 Å². The zero-order valence-electron chi connectivity index (χ0n) is 10.6. The molecule has 3 heteroatoms. The van der Waals surface area contributed by atoms with E-state index in [0.29, 0.717) is 0 Å². The summed E-state index contributed by atoms with van der Waals surface area (Å²) in [5.74, 6) is 0. The molecule has 1 fully saturated rings. The van der Waals surface area contributed by atoms with Crippen LogP contribution in [0.3, 0.4) is 0 Å². The first-order valence-corrected chi connectivity index (χ1v) is 8.24. The van der Waals surface area contributed by atoms with Gasteiger partial charge in [0.15, 0.2) is 0 Å². The second-order valence-electron chi connectivity index (χ2n) is 4.72. The molecule has 0 aliphatic carbocycles. The number of nitrogens with zero attached hydrogens (tertiary/aromatic N) is 1. The molecular formula is C15H17NS2. The fourth-order valence-electron chi connectivity index (χ4n) is 2.60. The summed E-state index contributed by atoms with van der Waals surface area (Å²) in [6.07, 6.45) is 3.84. The van der Waals surface area contributed by atoms with Crippen molar-refractivity contribution in [2.75, 3.05) is 13.6 Å². The zero-order chi connectivity index (χ0) is 12.4. The van der Waals surface area contributed by atoms with Crippen LogP contribution in [0.5, 0.6) is 0 Å². The van der Waals surface area contributed by atoms with Gasteiger partial charge in [0, 0.05) is 24.9 Å². The SMILES string of the molecule is CN1CCCCC1=C(c1ccsc1)c1ccsc1. The van der Waals surface area contributed by atoms with Crippen LogP contribution in [0.25, 0.3) is 5.57 Å². The molecule has 0 amide bonds. The largest absolute Gasteiger partial charge is 0.377 e. The summed E-state index contributed by atoms with van der Waals surface area (Å²) >= 11 is 3.56. The van der Waals surface area contributed by atoms with Gasteiger partial charge in [-0.05, 0) is 64.0 Å². The Morgan fingerprint density at radius 3 is 2.22 bits per heavy atom. The molecular weight excluding hydrogens is 258 g/mol. The Morgan fingerprint density at radius 1 is 1.06 bits per heavy atom. The molecule has 1 saturated heterocycles. The third-order valence-electron chi connectivity index (χ3n) is 3.53. The maximum Gasteiger partial charge on any atom is 0.0216 e. The molecule has 0 atom stereocenters. The van der Waals surface area contributed by atoms with Gasteiger partial charge in [-0.2, -0.15) is 22.7 Å². The first-order valence-electron chi connectivity index (χ1n) is 6.35. The molecule has 2 aromatic heterocycles. The third kappa shape index (κ3) is 2.25. The van der Waals surface area contributed by atoms with Crippen molar-refractivity contribution in [3.05, 3.63) is 50.5 Å². The van der Waals surface area contributed by atoms with E-state index in [2.05, 4.69) is 45.6 Å². The van der Waals surface area contributed by atoms with Crippen molar-refractivity contribution in [3.8, 4) is 0 Å². The molecule has 0 spiro atoms. The summed E-state index contributed by atoms with van der Waals surface area (Å²) in [5.41, 5.74) is 5.71. The zero-order valence-corrected chi connectivity index (χ0v) is 12.2. The first kappa shape index (κ1) is 12.0. The monoisotopic (exact) mass is 275 g/mol. The molecule has 94 valence electrons. The molecule has 1 nitrogen and oxygen atoms in total. The van der Waals surface area contributed by atoms with Gasteiger partial charge in [-0.15, -0.1) is 0 Å². The predicted octanol–water partition coefficient (Wildman–Crippen LogP) is 4.68. The Bertz CT molecular complexity index is 487. The van der Waals surface area contributed by atoms with Crippen molar-refractivity contribution in [2.24, 2.45) is 0 Å². The van der Waals surface area contributed by atoms with Crippen LogP contribution in [0.2, 0.25) is 0 Å². The molecule has 0 radical (unpaired) electrons. The van der Waals surface area contributed by atoms with Crippen LogP contribution in [0.4, 0.5) is 0 Å². The summed E-state index contributed by atoms with van der Waals surface area (Å²) in [6.45, 7) is 1.19. The van der Waals surface area contributed by atoms with E-state index in [1.807, 2.05) is 0 Å². The molecule has 3 heterocycles. The lowest BCUT2D eigenvalue weighted by molar-refractivity contribution is 0.347. The van der Waals surface area contributed by atoms with Gasteiger partial charge < -0.3 is 4.90 Å². The number of allylic oxidation sites excluding steroid dienone is 1. The van der Waals surface area contributed by atoms with Gasteiger partial charge in [0.25, 0.3) is 0 Å². The quantitative estimate of drug-likeness (QED) is 0.769. The van der Waals surface area contributed by atoms with E-state index in [1.165, 1.54) is 48.2 Å². The Hall–Kier alpha value is -1.06. The van der Waals surface area contributed by atoms with Gasteiger partial charge in [-0.25, -0.2) is 0 Å². The van der Waals surface area contributed by atoms with Crippen LogP contribution in [-0.2, 0) is 0 Å². The average molecular weight is 275 g/mol. The van der Waals surface area contributed by atoms with Crippen LogP contribution < -0.4 is 0 Å². The third-order valence-corrected chi connectivity index (χ3v) is 4.89. The minimum atomic E-state index is 1.19. The van der Waals surface area contributed by atoms with Gasteiger partial charge in [-0.1, -0.05) is 0 Å². The summed E-state index contributed by atoms with van der Waals surface area (Å²) in [7, 11) is 2.23. The smallest absolute Gasteiger partial charge is 0.0216 e. The number of likely N-dealkylation sites (tertiary alicyclic amines) is 1. The van der Waals surface area contributed by atoms with Gasteiger partial charge in [0.2, 0.25) is 0 Å². The topological polar surface area (TPSA) is 3.24 Å². The highest BCUT2D eigenvalue weighted by atomic mass is 32.1. The maximum atomic E-state index is 2.44. The van der Waals surface area contributed by atoms with Crippen molar-refractivity contribution in [3.63, 3.8) is 0 Å². The van der Waals surface area contributed by atoms with E-state index < -0.39 is 0 Å². The second kappa shape index (κ2) is 5.29. The number of piperidine rings is 1. The van der Waals surface area contributed by atoms with Crippen LogP contribution in [0.1, 0.15) is 30.4 Å². The van der Waals surface area contributed by atoms with E-state index in [1.54, 1.807) is 22.7 Å². The van der Waals surface area contributed by atoms with Gasteiger partial charge >= 0.3 is 0 Å². The Labute approximate surface area is 116 Å². The van der Waals surface area contributed by atoms with Crippen molar-refractivity contribution in [1.82, 2.24) is 4.90 Å². The number of rotatable bonds is 2. The van der Waals surface area contributed by atoms with Crippen molar-refractivity contribution in [1.29, 1.82) is 0 Å². The Morgan fingerprint density at radius 2 is 1.72 bits per heavy atom. The second-order valence-corrected chi connectivity index (χ2v) is 6.28. The number of hydrogen-bond donors (Lipinski definition) is 0. The van der Waals surface area contributed by atoms with Crippen LogP contribution >= 0.6 is 22.7 Å². The lowest BCUT2D eigenvalue weighted by atomic mass is 9.95. The normalized spacial score (nSPS) is 16.1. The summed E-state index contributed by atoms with van der Waals surface area (Å²) < 4.78 is 0. The lowest BCUT2D eigenvalue weighted by Crippen LogP contribution is -2.24.